The van der Waals surface area contributed by atoms with Crippen LogP contribution in [0, 0.1) is 0 Å². The van der Waals surface area contributed by atoms with Crippen LogP contribution in [0.1, 0.15) is 35.7 Å². The number of phenolic OH excluding ortho intramolecular Hbond substituents is 4. The Bertz CT molecular complexity index is 1090. The van der Waals surface area contributed by atoms with Gasteiger partial charge < -0.3 is 41.1 Å². The van der Waals surface area contributed by atoms with Crippen molar-refractivity contribution in [3.8, 4) is 23.0 Å². The molecule has 2 aromatic carbocycles. The van der Waals surface area contributed by atoms with Crippen molar-refractivity contribution in [2.45, 2.75) is 31.9 Å². The smallest absolute Gasteiger partial charge is 0.255 e. The molecule has 1 heterocycles. The Hall–Kier alpha value is -3.99. The number of hydrogen-bond donors (Lipinski definition) is 7. The maximum Gasteiger partial charge on any atom is 0.255 e. The second-order valence-corrected chi connectivity index (χ2v) is 8.08. The van der Waals surface area contributed by atoms with Gasteiger partial charge in [0, 0.05) is 18.7 Å². The molecule has 188 valence electrons. The Morgan fingerprint density at radius 2 is 1.63 bits per heavy atom. The second-order valence-electron chi connectivity index (χ2n) is 8.08. The lowest BCUT2D eigenvalue weighted by atomic mass is 10.1. The van der Waals surface area contributed by atoms with Crippen LogP contribution in [-0.4, -0.2) is 76.5 Å². The van der Waals surface area contributed by atoms with Gasteiger partial charge >= 0.3 is 0 Å². The summed E-state index contributed by atoms with van der Waals surface area (Å²) in [5, 5.41) is 47.0. The Morgan fingerprint density at radius 3 is 2.34 bits per heavy atom. The van der Waals surface area contributed by atoms with Gasteiger partial charge in [0.05, 0.1) is 5.56 Å². The van der Waals surface area contributed by atoms with Crippen LogP contribution in [0.25, 0.3) is 0 Å². The summed E-state index contributed by atoms with van der Waals surface area (Å²) in [6, 6.07) is 7.72. The van der Waals surface area contributed by atoms with Gasteiger partial charge in [-0.05, 0) is 63.2 Å². The van der Waals surface area contributed by atoms with E-state index in [0.29, 0.717) is 44.6 Å². The van der Waals surface area contributed by atoms with E-state index in [-0.39, 0.29) is 34.6 Å². The highest BCUT2D eigenvalue weighted by molar-refractivity contribution is 5.99. The van der Waals surface area contributed by atoms with E-state index in [4.69, 9.17) is 4.74 Å². The van der Waals surface area contributed by atoms with Crippen LogP contribution in [0.5, 0.6) is 23.0 Å². The van der Waals surface area contributed by atoms with Gasteiger partial charge in [-0.3, -0.25) is 9.59 Å². The minimum absolute atomic E-state index is 0.0216. The van der Waals surface area contributed by atoms with Crippen molar-refractivity contribution in [3.63, 3.8) is 0 Å². The number of amides is 2. The Kier molecular flexibility index (Phi) is 8.74. The molecule has 1 unspecified atom stereocenters. The number of phenols is 4. The van der Waals surface area contributed by atoms with E-state index in [0.717, 1.165) is 0 Å². The third kappa shape index (κ3) is 6.76. The van der Waals surface area contributed by atoms with Crippen molar-refractivity contribution in [1.82, 2.24) is 16.0 Å². The second kappa shape index (κ2) is 11.9. The number of hydrogen-bond acceptors (Lipinski definition) is 9. The van der Waals surface area contributed by atoms with Gasteiger partial charge in [-0.2, -0.15) is 0 Å². The SMILES string of the molecule is C[C@H]1OC(c2ccc(O)c(O)c2)=NC1C(=O)NCCCNCCCNC(=O)c1cccc(O)c1O. The molecule has 0 radical (unpaired) electrons. The van der Waals surface area contributed by atoms with Gasteiger partial charge in [0.25, 0.3) is 5.91 Å². The molecule has 11 nitrogen and oxygen atoms in total. The number of ether oxygens (including phenoxy) is 1. The fourth-order valence-corrected chi connectivity index (χ4v) is 3.45. The Balaban J connectivity index is 1.29. The highest BCUT2D eigenvalue weighted by Gasteiger charge is 2.33. The topological polar surface area (TPSA) is 173 Å². The van der Waals surface area contributed by atoms with Gasteiger partial charge in [0.2, 0.25) is 11.8 Å². The van der Waals surface area contributed by atoms with Gasteiger partial charge in [-0.15, -0.1) is 0 Å². The fraction of sp³-hybridized carbons (Fsp3) is 0.375. The van der Waals surface area contributed by atoms with Gasteiger partial charge in [-0.1, -0.05) is 6.07 Å². The first-order chi connectivity index (χ1) is 16.8. The predicted octanol–water partition coefficient (Wildman–Crippen LogP) is 0.959. The van der Waals surface area contributed by atoms with E-state index in [9.17, 15) is 30.0 Å². The number of nitrogens with one attached hydrogen (secondary N) is 3. The standard InChI is InChI=1S/C24H30N4O7/c1-14-20(28-24(35-14)15-7-8-17(29)19(31)13-15)23(34)27-12-4-10-25-9-3-11-26-22(33)16-5-2-6-18(30)21(16)32/h2,5-8,13-14,20,25,29-32H,3-4,9-12H2,1H3,(H,26,33)(H,27,34)/t14-,20?/m1/s1. The largest absolute Gasteiger partial charge is 0.504 e. The van der Waals surface area contributed by atoms with E-state index >= 15 is 0 Å². The molecule has 0 bridgehead atoms. The maximum absolute atomic E-state index is 12.5. The molecule has 0 spiro atoms. The number of carbonyl (C=O) groups excluding carboxylic acids is 2. The highest BCUT2D eigenvalue weighted by Crippen LogP contribution is 2.28. The number of aromatic hydroxyl groups is 4. The number of carbonyl (C=O) groups is 2. The molecule has 0 aliphatic carbocycles. The summed E-state index contributed by atoms with van der Waals surface area (Å²) in [6.07, 6.45) is 0.898. The molecule has 2 aromatic rings. The zero-order valence-corrected chi connectivity index (χ0v) is 19.3. The lowest BCUT2D eigenvalue weighted by Gasteiger charge is -2.13. The van der Waals surface area contributed by atoms with Crippen molar-refractivity contribution < 1.29 is 34.8 Å². The molecule has 1 aliphatic rings. The fourth-order valence-electron chi connectivity index (χ4n) is 3.45. The van der Waals surface area contributed by atoms with Crippen molar-refractivity contribution in [3.05, 3.63) is 47.5 Å². The minimum atomic E-state index is -0.705. The quantitative estimate of drug-likeness (QED) is 0.182. The molecular weight excluding hydrogens is 456 g/mol. The van der Waals surface area contributed by atoms with Gasteiger partial charge in [0.1, 0.15) is 6.10 Å². The van der Waals surface area contributed by atoms with Crippen molar-refractivity contribution in [2.75, 3.05) is 26.2 Å². The highest BCUT2D eigenvalue weighted by atomic mass is 16.5. The number of benzene rings is 2. The van der Waals surface area contributed by atoms with Crippen LogP contribution >= 0.6 is 0 Å². The summed E-state index contributed by atoms with van der Waals surface area (Å²) in [4.78, 5) is 28.8. The first-order valence-electron chi connectivity index (χ1n) is 11.3. The van der Waals surface area contributed by atoms with E-state index in [2.05, 4.69) is 20.9 Å². The van der Waals surface area contributed by atoms with Crippen molar-refractivity contribution in [1.29, 1.82) is 0 Å². The minimum Gasteiger partial charge on any atom is -0.504 e. The lowest BCUT2D eigenvalue weighted by molar-refractivity contribution is -0.123. The van der Waals surface area contributed by atoms with Crippen LogP contribution < -0.4 is 16.0 Å². The first kappa shape index (κ1) is 25.6. The monoisotopic (exact) mass is 486 g/mol. The zero-order valence-electron chi connectivity index (χ0n) is 19.3. The molecule has 0 aromatic heterocycles. The number of aliphatic imine (C=N–C) groups is 1. The summed E-state index contributed by atoms with van der Waals surface area (Å²) < 4.78 is 5.64. The zero-order chi connectivity index (χ0) is 25.4. The molecule has 7 N–H and O–H groups in total. The third-order valence-corrected chi connectivity index (χ3v) is 5.39. The Morgan fingerprint density at radius 1 is 0.914 bits per heavy atom. The van der Waals surface area contributed by atoms with Gasteiger partial charge in [-0.25, -0.2) is 4.99 Å². The molecular formula is C24H30N4O7. The lowest BCUT2D eigenvalue weighted by Crippen LogP contribution is -2.39. The van der Waals surface area contributed by atoms with Crippen LogP contribution in [0.4, 0.5) is 0 Å². The molecule has 11 heteroatoms. The molecule has 35 heavy (non-hydrogen) atoms. The molecule has 1 aliphatic heterocycles. The summed E-state index contributed by atoms with van der Waals surface area (Å²) in [5.74, 6) is -1.80. The van der Waals surface area contributed by atoms with E-state index in [1.165, 1.54) is 30.3 Å². The average Bonchev–Trinajstić information content (AvgIpc) is 3.22. The summed E-state index contributed by atoms with van der Waals surface area (Å²) in [5.41, 5.74) is 0.495. The maximum atomic E-state index is 12.5. The molecule has 0 saturated heterocycles. The normalized spacial score (nSPS) is 16.9. The summed E-state index contributed by atoms with van der Waals surface area (Å²) in [6.45, 7) is 3.91. The summed E-state index contributed by atoms with van der Waals surface area (Å²) >= 11 is 0. The van der Waals surface area contributed by atoms with Crippen LogP contribution in [0.2, 0.25) is 0 Å². The van der Waals surface area contributed by atoms with Crippen LogP contribution in [0.3, 0.4) is 0 Å². The summed E-state index contributed by atoms with van der Waals surface area (Å²) in [7, 11) is 0. The number of nitrogens with zero attached hydrogens (tertiary/aromatic N) is 1. The first-order valence-corrected chi connectivity index (χ1v) is 11.3. The molecule has 2 amide bonds. The van der Waals surface area contributed by atoms with E-state index in [1.54, 1.807) is 13.0 Å². The number of rotatable bonds is 11. The van der Waals surface area contributed by atoms with Crippen molar-refractivity contribution in [2.24, 2.45) is 4.99 Å². The van der Waals surface area contributed by atoms with E-state index < -0.39 is 23.8 Å². The van der Waals surface area contributed by atoms with Crippen LogP contribution in [0.15, 0.2) is 41.4 Å². The average molecular weight is 487 g/mol. The number of para-hydroxylation sites is 1. The predicted molar refractivity (Wildman–Crippen MR) is 128 cm³/mol. The molecule has 3 rings (SSSR count). The van der Waals surface area contributed by atoms with Crippen LogP contribution in [-0.2, 0) is 9.53 Å². The van der Waals surface area contributed by atoms with Gasteiger partial charge in [0.15, 0.2) is 29.0 Å². The van der Waals surface area contributed by atoms with E-state index in [1.807, 2.05) is 0 Å². The van der Waals surface area contributed by atoms with Crippen molar-refractivity contribution >= 4 is 17.7 Å². The molecule has 2 atom stereocenters. The molecule has 0 fully saturated rings. The third-order valence-electron chi connectivity index (χ3n) is 5.39. The Labute approximate surface area is 202 Å². The molecule has 0 saturated carbocycles.